The summed E-state index contributed by atoms with van der Waals surface area (Å²) in [6.45, 7) is 1.76. The van der Waals surface area contributed by atoms with Crippen LogP contribution in [-0.4, -0.2) is 43.5 Å². The maximum Gasteiger partial charge on any atom is 0.436 e. The van der Waals surface area contributed by atoms with E-state index in [4.69, 9.17) is 4.74 Å². The smallest absolute Gasteiger partial charge is 0.378 e. The van der Waals surface area contributed by atoms with Crippen molar-refractivity contribution in [1.29, 1.82) is 0 Å². The van der Waals surface area contributed by atoms with Gasteiger partial charge < -0.3 is 9.64 Å². The maximum absolute atomic E-state index is 13.2. The van der Waals surface area contributed by atoms with Crippen LogP contribution in [0.15, 0.2) is 23.4 Å². The summed E-state index contributed by atoms with van der Waals surface area (Å²) < 4.78 is 31.0. The SMILES string of the molecule is O=C(ON=Cc1ccc(F)cc1F)N1CCOCC1. The molecule has 0 bridgehead atoms. The van der Waals surface area contributed by atoms with E-state index in [1.165, 1.54) is 11.0 Å². The van der Waals surface area contributed by atoms with Crippen molar-refractivity contribution in [3.8, 4) is 0 Å². The summed E-state index contributed by atoms with van der Waals surface area (Å²) in [6, 6.07) is 3.02. The Bertz CT molecular complexity index is 488. The average Bonchev–Trinajstić information content (AvgIpc) is 2.42. The van der Waals surface area contributed by atoms with Gasteiger partial charge in [0.05, 0.1) is 19.4 Å². The van der Waals surface area contributed by atoms with E-state index < -0.39 is 17.7 Å². The lowest BCUT2D eigenvalue weighted by Crippen LogP contribution is -2.40. The van der Waals surface area contributed by atoms with Gasteiger partial charge in [-0.3, -0.25) is 4.84 Å². The molecule has 0 aromatic heterocycles. The number of oxime groups is 1. The van der Waals surface area contributed by atoms with Crippen molar-refractivity contribution in [3.63, 3.8) is 0 Å². The molecule has 1 aliphatic rings. The normalized spacial score (nSPS) is 15.8. The molecule has 1 aromatic rings. The first-order valence-corrected chi connectivity index (χ1v) is 5.69. The van der Waals surface area contributed by atoms with E-state index in [-0.39, 0.29) is 5.56 Å². The number of carbonyl (C=O) groups excluding carboxylic acids is 1. The summed E-state index contributed by atoms with van der Waals surface area (Å²) in [4.78, 5) is 17.6. The molecule has 1 fully saturated rings. The zero-order valence-electron chi connectivity index (χ0n) is 10.0. The van der Waals surface area contributed by atoms with Gasteiger partial charge in [0, 0.05) is 24.7 Å². The standard InChI is InChI=1S/C12H12F2N2O3/c13-10-2-1-9(11(14)7-10)8-15-19-12(17)16-3-5-18-6-4-16/h1-2,7-8H,3-6H2. The summed E-state index contributed by atoms with van der Waals surface area (Å²) >= 11 is 0. The van der Waals surface area contributed by atoms with Gasteiger partial charge in [0.25, 0.3) is 0 Å². The van der Waals surface area contributed by atoms with Crippen LogP contribution in [0.3, 0.4) is 0 Å². The lowest BCUT2D eigenvalue weighted by molar-refractivity contribution is 0.0281. The van der Waals surface area contributed by atoms with Crippen molar-refractivity contribution in [2.45, 2.75) is 0 Å². The van der Waals surface area contributed by atoms with Gasteiger partial charge in [-0.1, -0.05) is 5.16 Å². The van der Waals surface area contributed by atoms with Crippen molar-refractivity contribution >= 4 is 12.3 Å². The monoisotopic (exact) mass is 270 g/mol. The third-order valence-corrected chi connectivity index (χ3v) is 2.55. The molecule has 0 aliphatic carbocycles. The van der Waals surface area contributed by atoms with Crippen LogP contribution in [0.1, 0.15) is 5.56 Å². The van der Waals surface area contributed by atoms with Crippen LogP contribution in [0, 0.1) is 11.6 Å². The molecule has 19 heavy (non-hydrogen) atoms. The highest BCUT2D eigenvalue weighted by atomic mass is 19.1. The molecule has 1 aromatic carbocycles. The Hall–Kier alpha value is -2.02. The second-order valence-electron chi connectivity index (χ2n) is 3.86. The third-order valence-electron chi connectivity index (χ3n) is 2.55. The molecule has 0 radical (unpaired) electrons. The fourth-order valence-electron chi connectivity index (χ4n) is 1.54. The number of carbonyl (C=O) groups is 1. The number of amides is 1. The Labute approximate surface area is 108 Å². The van der Waals surface area contributed by atoms with Gasteiger partial charge in [-0.15, -0.1) is 0 Å². The average molecular weight is 270 g/mol. The predicted molar refractivity (Wildman–Crippen MR) is 62.8 cm³/mol. The first-order chi connectivity index (χ1) is 9.16. The molecule has 1 aliphatic heterocycles. The molecule has 0 atom stereocenters. The third kappa shape index (κ3) is 3.72. The minimum Gasteiger partial charge on any atom is -0.378 e. The first-order valence-electron chi connectivity index (χ1n) is 5.69. The fourth-order valence-corrected chi connectivity index (χ4v) is 1.54. The Kier molecular flexibility index (Phi) is 4.40. The molecule has 102 valence electrons. The molecule has 1 saturated heterocycles. The largest absolute Gasteiger partial charge is 0.436 e. The highest BCUT2D eigenvalue weighted by Gasteiger charge is 2.17. The van der Waals surface area contributed by atoms with E-state index in [2.05, 4.69) is 9.99 Å². The highest BCUT2D eigenvalue weighted by Crippen LogP contribution is 2.07. The van der Waals surface area contributed by atoms with Crippen LogP contribution in [0.4, 0.5) is 13.6 Å². The number of benzene rings is 1. The second-order valence-corrected chi connectivity index (χ2v) is 3.86. The molecule has 2 rings (SSSR count). The van der Waals surface area contributed by atoms with E-state index in [1.54, 1.807) is 0 Å². The molecule has 0 N–H and O–H groups in total. The highest BCUT2D eigenvalue weighted by molar-refractivity contribution is 5.80. The van der Waals surface area contributed by atoms with Crippen LogP contribution in [-0.2, 0) is 9.57 Å². The molecule has 0 saturated carbocycles. The van der Waals surface area contributed by atoms with Gasteiger partial charge in [0.2, 0.25) is 0 Å². The Morgan fingerprint density at radius 1 is 1.37 bits per heavy atom. The van der Waals surface area contributed by atoms with E-state index in [1.807, 2.05) is 0 Å². The lowest BCUT2D eigenvalue weighted by Gasteiger charge is -2.24. The van der Waals surface area contributed by atoms with Gasteiger partial charge in [-0.2, -0.15) is 0 Å². The van der Waals surface area contributed by atoms with Crippen LogP contribution in [0.5, 0.6) is 0 Å². The number of rotatable bonds is 2. The minimum atomic E-state index is -0.772. The van der Waals surface area contributed by atoms with Crippen molar-refractivity contribution in [2.24, 2.45) is 5.16 Å². The number of hydrogen-bond acceptors (Lipinski definition) is 4. The van der Waals surface area contributed by atoms with Crippen LogP contribution in [0.2, 0.25) is 0 Å². The zero-order valence-corrected chi connectivity index (χ0v) is 10.0. The Morgan fingerprint density at radius 3 is 2.79 bits per heavy atom. The van der Waals surface area contributed by atoms with Gasteiger partial charge in [-0.05, 0) is 12.1 Å². The van der Waals surface area contributed by atoms with Gasteiger partial charge in [0.1, 0.15) is 11.6 Å². The summed E-state index contributed by atoms with van der Waals surface area (Å²) in [6.07, 6.45) is 0.398. The summed E-state index contributed by atoms with van der Waals surface area (Å²) in [5.74, 6) is -1.45. The predicted octanol–water partition coefficient (Wildman–Crippen LogP) is 1.77. The second kappa shape index (κ2) is 6.24. The molecule has 0 unspecified atom stereocenters. The molecular formula is C12H12F2N2O3. The van der Waals surface area contributed by atoms with Gasteiger partial charge in [-0.25, -0.2) is 13.6 Å². The van der Waals surface area contributed by atoms with E-state index in [0.717, 1.165) is 18.3 Å². The molecule has 0 spiro atoms. The van der Waals surface area contributed by atoms with E-state index in [9.17, 15) is 13.6 Å². The Morgan fingerprint density at radius 2 is 2.11 bits per heavy atom. The number of ether oxygens (including phenoxy) is 1. The number of hydrogen-bond donors (Lipinski definition) is 0. The summed E-state index contributed by atoms with van der Waals surface area (Å²) in [7, 11) is 0. The van der Waals surface area contributed by atoms with Crippen molar-refractivity contribution < 1.29 is 23.1 Å². The Balaban J connectivity index is 1.90. The lowest BCUT2D eigenvalue weighted by atomic mass is 10.2. The topological polar surface area (TPSA) is 51.1 Å². The van der Waals surface area contributed by atoms with Crippen molar-refractivity contribution in [3.05, 3.63) is 35.4 Å². The molecule has 1 amide bonds. The minimum absolute atomic E-state index is 0.0381. The molecular weight excluding hydrogens is 258 g/mol. The van der Waals surface area contributed by atoms with E-state index >= 15 is 0 Å². The summed E-state index contributed by atoms with van der Waals surface area (Å²) in [5, 5.41) is 3.39. The summed E-state index contributed by atoms with van der Waals surface area (Å²) in [5.41, 5.74) is 0.0381. The number of morpholine rings is 1. The van der Waals surface area contributed by atoms with Crippen LogP contribution in [0.25, 0.3) is 0 Å². The van der Waals surface area contributed by atoms with Crippen LogP contribution < -0.4 is 0 Å². The van der Waals surface area contributed by atoms with Crippen molar-refractivity contribution in [1.82, 2.24) is 4.90 Å². The number of halogens is 2. The van der Waals surface area contributed by atoms with Crippen molar-refractivity contribution in [2.75, 3.05) is 26.3 Å². The van der Waals surface area contributed by atoms with Gasteiger partial charge in [0.15, 0.2) is 0 Å². The van der Waals surface area contributed by atoms with Crippen LogP contribution >= 0.6 is 0 Å². The molecule has 7 heteroatoms. The molecule has 1 heterocycles. The fraction of sp³-hybridized carbons (Fsp3) is 0.333. The zero-order chi connectivity index (χ0) is 13.7. The quantitative estimate of drug-likeness (QED) is 0.467. The maximum atomic E-state index is 13.2. The number of nitrogens with zero attached hydrogens (tertiary/aromatic N) is 2. The van der Waals surface area contributed by atoms with Gasteiger partial charge >= 0.3 is 6.09 Å². The molecule has 5 nitrogen and oxygen atoms in total. The first kappa shape index (κ1) is 13.4. The van der Waals surface area contributed by atoms with E-state index in [0.29, 0.717) is 26.3 Å².